The Morgan fingerprint density at radius 2 is 1.90 bits per heavy atom. The number of hydrogen-bond acceptors (Lipinski definition) is 5. The summed E-state index contributed by atoms with van der Waals surface area (Å²) in [6.07, 6.45) is 7.91. The summed E-state index contributed by atoms with van der Waals surface area (Å²) in [5.74, 6) is 0.940. The van der Waals surface area contributed by atoms with Crippen molar-refractivity contribution in [1.29, 1.82) is 0 Å². The average Bonchev–Trinajstić information content (AvgIpc) is 3.23. The lowest BCUT2D eigenvalue weighted by molar-refractivity contribution is -0.134. The summed E-state index contributed by atoms with van der Waals surface area (Å²) in [4.78, 5) is 19.4. The van der Waals surface area contributed by atoms with E-state index in [1.165, 1.54) is 18.2 Å². The van der Waals surface area contributed by atoms with E-state index in [1.54, 1.807) is 12.4 Å². The van der Waals surface area contributed by atoms with E-state index >= 15 is 0 Å². The van der Waals surface area contributed by atoms with Crippen molar-refractivity contribution < 1.29 is 4.79 Å². The summed E-state index contributed by atoms with van der Waals surface area (Å²) in [5.41, 5.74) is 1.91. The number of rotatable bonds is 6. The summed E-state index contributed by atoms with van der Waals surface area (Å²) in [5, 5.41) is 9.41. The molecular formula is C23H27N5OS. The molecule has 3 heterocycles. The molecule has 2 atom stereocenters. The first-order valence-corrected chi connectivity index (χ1v) is 11.5. The van der Waals surface area contributed by atoms with Crippen LogP contribution in [-0.2, 0) is 4.79 Å². The number of piperidine rings is 1. The number of carbonyl (C=O) groups excluding carboxylic acids is 1. The van der Waals surface area contributed by atoms with Crippen molar-refractivity contribution in [3.63, 3.8) is 0 Å². The molecular weight excluding hydrogens is 394 g/mol. The van der Waals surface area contributed by atoms with Crippen LogP contribution in [0.1, 0.15) is 39.5 Å². The molecule has 156 valence electrons. The number of thioether (sulfide) groups is 1. The van der Waals surface area contributed by atoms with Gasteiger partial charge >= 0.3 is 0 Å². The first-order chi connectivity index (χ1) is 14.7. The second-order valence-corrected chi connectivity index (χ2v) is 8.87. The van der Waals surface area contributed by atoms with Crippen molar-refractivity contribution in [3.8, 4) is 17.1 Å². The summed E-state index contributed by atoms with van der Waals surface area (Å²) < 4.78 is 2.03. The largest absolute Gasteiger partial charge is 0.339 e. The number of likely N-dealkylation sites (tertiary alicyclic amines) is 1. The van der Waals surface area contributed by atoms with Crippen molar-refractivity contribution >= 4 is 17.7 Å². The van der Waals surface area contributed by atoms with E-state index < -0.39 is 0 Å². The van der Waals surface area contributed by atoms with E-state index in [-0.39, 0.29) is 11.2 Å². The monoisotopic (exact) mass is 421 g/mol. The fourth-order valence-electron chi connectivity index (χ4n) is 4.00. The van der Waals surface area contributed by atoms with Crippen LogP contribution in [0.3, 0.4) is 0 Å². The molecule has 0 aliphatic carbocycles. The number of amides is 1. The maximum atomic E-state index is 13.2. The molecule has 0 saturated carbocycles. The second kappa shape index (κ2) is 9.43. The van der Waals surface area contributed by atoms with Gasteiger partial charge in [0, 0.05) is 36.2 Å². The zero-order valence-corrected chi connectivity index (χ0v) is 18.3. The normalized spacial score (nSPS) is 17.7. The molecule has 1 aliphatic heterocycles. The molecule has 2 aromatic heterocycles. The van der Waals surface area contributed by atoms with Crippen LogP contribution < -0.4 is 0 Å². The highest BCUT2D eigenvalue weighted by Gasteiger charge is 2.30. The van der Waals surface area contributed by atoms with Gasteiger partial charge in [-0.05, 0) is 56.9 Å². The van der Waals surface area contributed by atoms with Gasteiger partial charge in [0.2, 0.25) is 5.91 Å². The predicted octanol–water partition coefficient (Wildman–Crippen LogP) is 4.60. The highest BCUT2D eigenvalue weighted by Crippen LogP contribution is 2.31. The van der Waals surface area contributed by atoms with Crippen molar-refractivity contribution in [3.05, 3.63) is 54.9 Å². The molecule has 1 amide bonds. The van der Waals surface area contributed by atoms with Gasteiger partial charge in [-0.3, -0.25) is 14.3 Å². The highest BCUT2D eigenvalue weighted by atomic mass is 32.2. The Kier molecular flexibility index (Phi) is 6.47. The van der Waals surface area contributed by atoms with Gasteiger partial charge < -0.3 is 4.90 Å². The molecule has 2 unspecified atom stereocenters. The Hall–Kier alpha value is -2.67. The predicted molar refractivity (Wildman–Crippen MR) is 120 cm³/mol. The Balaban J connectivity index is 1.64. The van der Waals surface area contributed by atoms with Gasteiger partial charge in [0.25, 0.3) is 0 Å². The molecule has 1 fully saturated rings. The van der Waals surface area contributed by atoms with Crippen molar-refractivity contribution in [1.82, 2.24) is 24.6 Å². The van der Waals surface area contributed by atoms with Crippen molar-refractivity contribution in [2.24, 2.45) is 0 Å². The van der Waals surface area contributed by atoms with Crippen LogP contribution in [-0.4, -0.2) is 48.4 Å². The number of para-hydroxylation sites is 1. The van der Waals surface area contributed by atoms with Crippen molar-refractivity contribution in [2.75, 3.05) is 6.54 Å². The number of aromatic nitrogens is 4. The van der Waals surface area contributed by atoms with Gasteiger partial charge in [-0.15, -0.1) is 10.2 Å². The molecule has 7 heteroatoms. The van der Waals surface area contributed by atoms with Crippen LogP contribution in [0.15, 0.2) is 60.0 Å². The topological polar surface area (TPSA) is 63.9 Å². The van der Waals surface area contributed by atoms with Gasteiger partial charge in [-0.1, -0.05) is 36.9 Å². The van der Waals surface area contributed by atoms with Crippen molar-refractivity contribution in [2.45, 2.75) is 56.0 Å². The molecule has 6 nitrogen and oxygen atoms in total. The SMILES string of the molecule is CCC1CCCCN1C(=O)C(C)Sc1nnc(-c2ccncc2)n1-c1ccccc1. The van der Waals surface area contributed by atoms with Gasteiger partial charge in [0.1, 0.15) is 0 Å². The average molecular weight is 422 g/mol. The molecule has 1 aliphatic rings. The van der Waals surface area contributed by atoms with Gasteiger partial charge in [-0.25, -0.2) is 0 Å². The maximum absolute atomic E-state index is 13.2. The third kappa shape index (κ3) is 4.26. The highest BCUT2D eigenvalue weighted by molar-refractivity contribution is 8.00. The van der Waals surface area contributed by atoms with Gasteiger partial charge in [0.05, 0.1) is 5.25 Å². The fourth-order valence-corrected chi connectivity index (χ4v) is 4.94. The molecule has 4 rings (SSSR count). The Morgan fingerprint density at radius 1 is 1.13 bits per heavy atom. The first-order valence-electron chi connectivity index (χ1n) is 10.6. The van der Waals surface area contributed by atoms with E-state index in [0.717, 1.165) is 48.0 Å². The third-order valence-corrected chi connectivity index (χ3v) is 6.63. The van der Waals surface area contributed by atoms with Gasteiger partial charge in [0.15, 0.2) is 11.0 Å². The minimum atomic E-state index is -0.228. The smallest absolute Gasteiger partial charge is 0.236 e. The van der Waals surface area contributed by atoms with Crippen LogP contribution in [0.4, 0.5) is 0 Å². The number of carbonyl (C=O) groups is 1. The van der Waals surface area contributed by atoms with Crippen LogP contribution in [0.5, 0.6) is 0 Å². The van der Waals surface area contributed by atoms with Crippen LogP contribution in [0, 0.1) is 0 Å². The standard InChI is InChI=1S/C23H27N5OS/c1-3-19-9-7-8-16-27(19)22(29)17(2)30-23-26-25-21(18-12-14-24-15-13-18)28(23)20-10-5-4-6-11-20/h4-6,10-15,17,19H,3,7-9,16H2,1-2H3. The quantitative estimate of drug-likeness (QED) is 0.544. The van der Waals surface area contributed by atoms with E-state index in [1.807, 2.05) is 54.0 Å². The van der Waals surface area contributed by atoms with Crippen LogP contribution in [0.2, 0.25) is 0 Å². The number of nitrogens with zero attached hydrogens (tertiary/aromatic N) is 5. The Bertz CT molecular complexity index is 976. The lowest BCUT2D eigenvalue weighted by Crippen LogP contribution is -2.46. The molecule has 1 aromatic carbocycles. The molecule has 0 radical (unpaired) electrons. The van der Waals surface area contributed by atoms with Gasteiger partial charge in [-0.2, -0.15) is 0 Å². The van der Waals surface area contributed by atoms with E-state index in [9.17, 15) is 4.79 Å². The van der Waals surface area contributed by atoms with E-state index in [2.05, 4.69) is 27.0 Å². The minimum absolute atomic E-state index is 0.194. The van der Waals surface area contributed by atoms with Crippen LogP contribution in [0.25, 0.3) is 17.1 Å². The summed E-state index contributed by atoms with van der Waals surface area (Å²) in [6, 6.07) is 14.2. The third-order valence-electron chi connectivity index (χ3n) is 5.60. The second-order valence-electron chi connectivity index (χ2n) is 7.56. The lowest BCUT2D eigenvalue weighted by Gasteiger charge is -2.36. The van der Waals surface area contributed by atoms with E-state index in [0.29, 0.717) is 6.04 Å². The first kappa shape index (κ1) is 20.6. The fraction of sp³-hybridized carbons (Fsp3) is 0.391. The molecule has 30 heavy (non-hydrogen) atoms. The lowest BCUT2D eigenvalue weighted by atomic mass is 10.00. The zero-order chi connectivity index (χ0) is 20.9. The summed E-state index contributed by atoms with van der Waals surface area (Å²) >= 11 is 1.48. The summed E-state index contributed by atoms with van der Waals surface area (Å²) in [6.45, 7) is 5.00. The minimum Gasteiger partial charge on any atom is -0.339 e. The van der Waals surface area contributed by atoms with E-state index in [4.69, 9.17) is 0 Å². The number of benzene rings is 1. The molecule has 3 aromatic rings. The molecule has 0 bridgehead atoms. The zero-order valence-electron chi connectivity index (χ0n) is 17.4. The number of hydrogen-bond donors (Lipinski definition) is 0. The molecule has 1 saturated heterocycles. The Labute approximate surface area is 181 Å². The van der Waals surface area contributed by atoms with Crippen LogP contribution >= 0.6 is 11.8 Å². The Morgan fingerprint density at radius 3 is 2.63 bits per heavy atom. The molecule has 0 N–H and O–H groups in total. The maximum Gasteiger partial charge on any atom is 0.236 e. The summed E-state index contributed by atoms with van der Waals surface area (Å²) in [7, 11) is 0. The molecule has 0 spiro atoms. The number of pyridine rings is 1.